The average Bonchev–Trinajstić information content (AvgIpc) is 3.48. The Morgan fingerprint density at radius 3 is 2.06 bits per heavy atom. The first-order valence-corrected chi connectivity index (χ1v) is 17.3. The van der Waals surface area contributed by atoms with Crippen LogP contribution in [-0.4, -0.2) is 73.4 Å². The number of ether oxygens (including phenoxy) is 4. The molecule has 0 radical (unpaired) electrons. The molecule has 2 N–H and O–H groups in total. The lowest BCUT2D eigenvalue weighted by atomic mass is 9.88. The zero-order chi connectivity index (χ0) is 35.6. The van der Waals surface area contributed by atoms with E-state index in [0.29, 0.717) is 50.8 Å². The van der Waals surface area contributed by atoms with Gasteiger partial charge in [0.15, 0.2) is 0 Å². The number of hydrogen-bond acceptors (Lipinski definition) is 8. The molecule has 4 aromatic rings. The van der Waals surface area contributed by atoms with Crippen LogP contribution in [0.4, 0.5) is 0 Å². The highest BCUT2D eigenvalue weighted by molar-refractivity contribution is 6.05. The molecule has 2 aliphatic rings. The first-order chi connectivity index (χ1) is 24.9. The minimum Gasteiger partial charge on any atom is -0.508 e. The third kappa shape index (κ3) is 8.65. The van der Waals surface area contributed by atoms with Crippen LogP contribution in [0.3, 0.4) is 0 Å². The van der Waals surface area contributed by atoms with E-state index in [2.05, 4.69) is 36.5 Å². The molecule has 1 saturated heterocycles. The van der Waals surface area contributed by atoms with Gasteiger partial charge in [0.2, 0.25) is 11.8 Å². The third-order valence-corrected chi connectivity index (χ3v) is 8.97. The summed E-state index contributed by atoms with van der Waals surface area (Å²) in [5.41, 5.74) is 6.83. The zero-order valence-electron chi connectivity index (χ0n) is 28.6. The Morgan fingerprint density at radius 1 is 0.745 bits per heavy atom. The standard InChI is InChI=1S/C41H42N2O8/c1-2-33(28-7-4-3-5-8-28)39(29-11-15-31(44)16-12-29)30-13-17-32(18-14-30)50-25-23-48-21-22-49-24-26-51-37-10-6-9-34-35(37)27-43(41(34)47)36-19-20-38(45)42-40(36)46/h3-18,36,44H,2,19-27H2,1H3,(H,42,45,46)/b39-33-. The highest BCUT2D eigenvalue weighted by Gasteiger charge is 2.40. The van der Waals surface area contributed by atoms with Crippen molar-refractivity contribution < 1.29 is 38.4 Å². The van der Waals surface area contributed by atoms with E-state index in [1.54, 1.807) is 30.3 Å². The molecule has 1 atom stereocenters. The second-order valence-electron chi connectivity index (χ2n) is 12.2. The lowest BCUT2D eigenvalue weighted by Crippen LogP contribution is -2.52. The van der Waals surface area contributed by atoms with Gasteiger partial charge in [-0.2, -0.15) is 0 Å². The predicted octanol–water partition coefficient (Wildman–Crippen LogP) is 6.01. The lowest BCUT2D eigenvalue weighted by Gasteiger charge is -2.29. The number of amides is 3. The second kappa shape index (κ2) is 17.0. The Bertz CT molecular complexity index is 1860. The smallest absolute Gasteiger partial charge is 0.255 e. The molecule has 1 unspecified atom stereocenters. The summed E-state index contributed by atoms with van der Waals surface area (Å²) in [6.45, 7) is 4.62. The first kappa shape index (κ1) is 35.4. The Hall–Kier alpha value is -5.45. The molecule has 0 saturated carbocycles. The molecule has 2 aliphatic heterocycles. The van der Waals surface area contributed by atoms with Crippen LogP contribution in [0.15, 0.2) is 97.1 Å². The maximum atomic E-state index is 13.0. The largest absolute Gasteiger partial charge is 0.508 e. The molecule has 0 bridgehead atoms. The molecule has 10 nitrogen and oxygen atoms in total. The summed E-state index contributed by atoms with van der Waals surface area (Å²) < 4.78 is 23.2. The number of carbonyl (C=O) groups excluding carboxylic acids is 3. The fourth-order valence-corrected chi connectivity index (χ4v) is 6.47. The second-order valence-corrected chi connectivity index (χ2v) is 12.2. The Morgan fingerprint density at radius 2 is 1.39 bits per heavy atom. The van der Waals surface area contributed by atoms with Gasteiger partial charge >= 0.3 is 0 Å². The minimum absolute atomic E-state index is 0.208. The van der Waals surface area contributed by atoms with Crippen LogP contribution in [0.5, 0.6) is 17.2 Å². The van der Waals surface area contributed by atoms with Crippen molar-refractivity contribution >= 4 is 28.9 Å². The summed E-state index contributed by atoms with van der Waals surface area (Å²) in [4.78, 5) is 38.4. The van der Waals surface area contributed by atoms with Crippen LogP contribution in [0, 0.1) is 0 Å². The van der Waals surface area contributed by atoms with E-state index in [4.69, 9.17) is 18.9 Å². The molecule has 4 aromatic carbocycles. The predicted molar refractivity (Wildman–Crippen MR) is 192 cm³/mol. The molecule has 10 heteroatoms. The summed E-state index contributed by atoms with van der Waals surface area (Å²) in [5, 5.41) is 12.2. The number of phenolic OH excluding ortho intramolecular Hbond substituents is 1. The fourth-order valence-electron chi connectivity index (χ4n) is 6.47. The fraction of sp³-hybridized carbons (Fsp3) is 0.293. The lowest BCUT2D eigenvalue weighted by molar-refractivity contribution is -0.136. The topological polar surface area (TPSA) is 124 Å². The number of aromatic hydroxyl groups is 1. The van der Waals surface area contributed by atoms with Crippen LogP contribution in [0.25, 0.3) is 11.1 Å². The van der Waals surface area contributed by atoms with Crippen LogP contribution in [0.2, 0.25) is 0 Å². The number of carbonyl (C=O) groups is 3. The van der Waals surface area contributed by atoms with Crippen molar-refractivity contribution in [3.63, 3.8) is 0 Å². The number of imide groups is 1. The first-order valence-electron chi connectivity index (χ1n) is 17.3. The van der Waals surface area contributed by atoms with Gasteiger partial charge < -0.3 is 29.0 Å². The molecule has 0 aromatic heterocycles. The van der Waals surface area contributed by atoms with Gasteiger partial charge in [-0.1, -0.05) is 67.6 Å². The number of piperidine rings is 1. The van der Waals surface area contributed by atoms with Gasteiger partial charge in [0, 0.05) is 17.5 Å². The molecule has 2 heterocycles. The number of rotatable bonds is 16. The van der Waals surface area contributed by atoms with E-state index in [1.807, 2.05) is 42.5 Å². The summed E-state index contributed by atoms with van der Waals surface area (Å²) >= 11 is 0. The average molecular weight is 691 g/mol. The normalized spacial score (nSPS) is 16.1. The molecular weight excluding hydrogens is 648 g/mol. The van der Waals surface area contributed by atoms with E-state index in [-0.39, 0.29) is 37.1 Å². The van der Waals surface area contributed by atoms with Gasteiger partial charge in [0.25, 0.3) is 5.91 Å². The van der Waals surface area contributed by atoms with Gasteiger partial charge in [-0.05, 0) is 77.1 Å². The van der Waals surface area contributed by atoms with Crippen molar-refractivity contribution in [3.05, 3.63) is 125 Å². The quantitative estimate of drug-likeness (QED) is 0.0833. The van der Waals surface area contributed by atoms with Crippen molar-refractivity contribution in [3.8, 4) is 17.2 Å². The molecule has 0 aliphatic carbocycles. The Balaban J connectivity index is 0.917. The zero-order valence-corrected chi connectivity index (χ0v) is 28.6. The number of hydrogen-bond donors (Lipinski definition) is 2. The van der Waals surface area contributed by atoms with Gasteiger partial charge in [-0.25, -0.2) is 0 Å². The van der Waals surface area contributed by atoms with Crippen LogP contribution < -0.4 is 14.8 Å². The van der Waals surface area contributed by atoms with Crippen molar-refractivity contribution in [1.82, 2.24) is 10.2 Å². The van der Waals surface area contributed by atoms with E-state index in [1.165, 1.54) is 10.5 Å². The summed E-state index contributed by atoms with van der Waals surface area (Å²) in [7, 11) is 0. The highest BCUT2D eigenvalue weighted by Crippen LogP contribution is 2.36. The van der Waals surface area contributed by atoms with Crippen molar-refractivity contribution in [1.29, 1.82) is 0 Å². The van der Waals surface area contributed by atoms with Crippen LogP contribution >= 0.6 is 0 Å². The third-order valence-electron chi connectivity index (χ3n) is 8.97. The van der Waals surface area contributed by atoms with Crippen LogP contribution in [-0.2, 0) is 25.6 Å². The maximum absolute atomic E-state index is 13.0. The number of nitrogens with one attached hydrogen (secondary N) is 1. The Kier molecular flexibility index (Phi) is 11.8. The summed E-state index contributed by atoms with van der Waals surface area (Å²) in [5.74, 6) is 0.565. The minimum atomic E-state index is -0.669. The SMILES string of the molecule is CC/C(=C(\c1ccc(O)cc1)c1ccc(OCCOCCOCCOc2cccc3c2CN(C2CCC(=O)NC2=O)C3=O)cc1)c1ccccc1. The van der Waals surface area contributed by atoms with Crippen molar-refractivity contribution in [2.24, 2.45) is 0 Å². The highest BCUT2D eigenvalue weighted by atomic mass is 16.6. The number of phenols is 1. The Labute approximate surface area is 297 Å². The molecule has 3 amide bonds. The number of fused-ring (bicyclic) bond motifs is 1. The van der Waals surface area contributed by atoms with E-state index in [0.717, 1.165) is 40.0 Å². The summed E-state index contributed by atoms with van der Waals surface area (Å²) in [6.07, 6.45) is 1.36. The van der Waals surface area contributed by atoms with Crippen LogP contribution in [0.1, 0.15) is 58.8 Å². The molecule has 1 fully saturated rings. The van der Waals surface area contributed by atoms with Gasteiger partial charge in [-0.3, -0.25) is 19.7 Å². The van der Waals surface area contributed by atoms with Gasteiger partial charge in [-0.15, -0.1) is 0 Å². The summed E-state index contributed by atoms with van der Waals surface area (Å²) in [6, 6.07) is 30.3. The van der Waals surface area contributed by atoms with E-state index < -0.39 is 11.9 Å². The molecule has 0 spiro atoms. The maximum Gasteiger partial charge on any atom is 0.255 e. The molecule has 6 rings (SSSR count). The number of allylic oxidation sites excluding steroid dienone is 1. The number of nitrogens with zero attached hydrogens (tertiary/aromatic N) is 1. The van der Waals surface area contributed by atoms with E-state index in [9.17, 15) is 19.5 Å². The van der Waals surface area contributed by atoms with Gasteiger partial charge in [0.05, 0.1) is 33.0 Å². The monoisotopic (exact) mass is 690 g/mol. The van der Waals surface area contributed by atoms with Crippen molar-refractivity contribution in [2.75, 3.05) is 39.6 Å². The number of benzene rings is 4. The molecular formula is C41H42N2O8. The van der Waals surface area contributed by atoms with Crippen molar-refractivity contribution in [2.45, 2.75) is 38.8 Å². The molecule has 264 valence electrons. The van der Waals surface area contributed by atoms with Gasteiger partial charge in [0.1, 0.15) is 36.5 Å². The van der Waals surface area contributed by atoms with E-state index >= 15 is 0 Å². The molecule has 51 heavy (non-hydrogen) atoms.